The summed E-state index contributed by atoms with van der Waals surface area (Å²) in [6.07, 6.45) is -9.65. The highest BCUT2D eigenvalue weighted by Crippen LogP contribution is 2.47. The quantitative estimate of drug-likeness (QED) is 0.238. The van der Waals surface area contributed by atoms with Crippen molar-refractivity contribution < 1.29 is 31.1 Å². The van der Waals surface area contributed by atoms with E-state index in [1.165, 1.54) is 31.4 Å². The van der Waals surface area contributed by atoms with Crippen LogP contribution in [0.2, 0.25) is 0 Å². The first-order valence-electron chi connectivity index (χ1n) is 8.88. The number of hydrogen-bond acceptors (Lipinski definition) is 1. The number of ether oxygens (including phenoxy) is 1. The highest BCUT2D eigenvalue weighted by Gasteiger charge is 2.41. The monoisotopic (exact) mass is 420 g/mol. The van der Waals surface area contributed by atoms with E-state index in [2.05, 4.69) is 0 Å². The van der Waals surface area contributed by atoms with Crippen molar-refractivity contribution in [1.29, 1.82) is 0 Å². The molecule has 0 saturated heterocycles. The van der Waals surface area contributed by atoms with E-state index in [1.807, 2.05) is 0 Å². The van der Waals surface area contributed by atoms with E-state index in [9.17, 15) is 26.3 Å². The Morgan fingerprint density at radius 1 is 0.567 bits per heavy atom. The molecular weight excluding hydrogens is 406 g/mol. The maximum absolute atomic E-state index is 14.0. The third-order valence-electron chi connectivity index (χ3n) is 5.01. The molecule has 0 fully saturated rings. The zero-order valence-electron chi connectivity index (χ0n) is 15.5. The Hall–Kier alpha value is -3.22. The lowest BCUT2D eigenvalue weighted by Gasteiger charge is -2.20. The number of benzene rings is 4. The molecule has 154 valence electrons. The second-order valence-electron chi connectivity index (χ2n) is 6.78. The molecule has 0 amide bonds. The lowest BCUT2D eigenvalue weighted by atomic mass is 9.89. The van der Waals surface area contributed by atoms with Gasteiger partial charge in [0.15, 0.2) is 0 Å². The van der Waals surface area contributed by atoms with Crippen molar-refractivity contribution in [3.63, 3.8) is 0 Å². The van der Waals surface area contributed by atoms with Crippen molar-refractivity contribution in [2.45, 2.75) is 12.4 Å². The van der Waals surface area contributed by atoms with E-state index < -0.39 is 45.0 Å². The summed E-state index contributed by atoms with van der Waals surface area (Å²) in [6.45, 7) is 0. The van der Waals surface area contributed by atoms with E-state index >= 15 is 0 Å². The van der Waals surface area contributed by atoms with Gasteiger partial charge in [0, 0.05) is 0 Å². The Kier molecular flexibility index (Phi) is 4.64. The fourth-order valence-corrected chi connectivity index (χ4v) is 3.75. The predicted molar refractivity (Wildman–Crippen MR) is 103 cm³/mol. The number of halogens is 6. The van der Waals surface area contributed by atoms with E-state index in [1.54, 1.807) is 24.3 Å². The maximum atomic E-state index is 14.0. The average Bonchev–Trinajstić information content (AvgIpc) is 2.69. The van der Waals surface area contributed by atoms with Gasteiger partial charge in [-0.3, -0.25) is 0 Å². The highest BCUT2D eigenvalue weighted by molar-refractivity contribution is 6.07. The van der Waals surface area contributed by atoms with Crippen LogP contribution in [-0.4, -0.2) is 7.11 Å². The molecular formula is C23H14F6O. The molecule has 7 heteroatoms. The van der Waals surface area contributed by atoms with E-state index in [0.29, 0.717) is 16.9 Å². The summed E-state index contributed by atoms with van der Waals surface area (Å²) in [5, 5.41) is -1.91. The van der Waals surface area contributed by atoms with Crippen molar-refractivity contribution in [1.82, 2.24) is 0 Å². The van der Waals surface area contributed by atoms with Crippen LogP contribution in [0.5, 0.6) is 5.75 Å². The molecule has 0 bridgehead atoms. The summed E-state index contributed by atoms with van der Waals surface area (Å²) < 4.78 is 88.8. The summed E-state index contributed by atoms with van der Waals surface area (Å²) in [6, 6.07) is 15.0. The molecule has 0 aliphatic heterocycles. The Labute approximate surface area is 167 Å². The Balaban J connectivity index is 2.13. The van der Waals surface area contributed by atoms with Crippen molar-refractivity contribution in [2.75, 3.05) is 7.11 Å². The lowest BCUT2D eigenvalue weighted by Crippen LogP contribution is -2.12. The fourth-order valence-electron chi connectivity index (χ4n) is 3.75. The van der Waals surface area contributed by atoms with Gasteiger partial charge < -0.3 is 4.74 Å². The van der Waals surface area contributed by atoms with Gasteiger partial charge in [0.2, 0.25) is 0 Å². The van der Waals surface area contributed by atoms with Gasteiger partial charge in [-0.25, -0.2) is 0 Å². The summed E-state index contributed by atoms with van der Waals surface area (Å²) in [5.74, 6) is 0.556. The first-order valence-corrected chi connectivity index (χ1v) is 8.88. The second-order valence-corrected chi connectivity index (χ2v) is 6.78. The topological polar surface area (TPSA) is 9.23 Å². The van der Waals surface area contributed by atoms with Gasteiger partial charge in [0.05, 0.1) is 18.2 Å². The Bertz CT molecular complexity index is 1240. The largest absolute Gasteiger partial charge is 0.497 e. The standard InChI is InChI=1S/C23H14F6O/c1-30-15-9-6-13(7-10-15)14-8-11-18-19(12-14)21(23(27,28)29)17-5-3-2-4-16(17)20(18)22(24,25)26/h2-12H,1H3. The van der Waals surface area contributed by atoms with Crippen LogP contribution < -0.4 is 4.74 Å². The van der Waals surface area contributed by atoms with Crippen LogP contribution in [0.25, 0.3) is 32.7 Å². The maximum Gasteiger partial charge on any atom is 0.417 e. The van der Waals surface area contributed by atoms with Crippen LogP contribution in [0.3, 0.4) is 0 Å². The lowest BCUT2D eigenvalue weighted by molar-refractivity contribution is -0.137. The fraction of sp³-hybridized carbons (Fsp3) is 0.130. The minimum absolute atomic E-state index is 0.374. The molecule has 4 aromatic rings. The number of methoxy groups -OCH3 is 1. The molecule has 1 nitrogen and oxygen atoms in total. The van der Waals surface area contributed by atoms with Crippen molar-refractivity contribution in [2.24, 2.45) is 0 Å². The summed E-state index contributed by atoms with van der Waals surface area (Å²) in [4.78, 5) is 0. The second kappa shape index (κ2) is 6.93. The normalized spacial score (nSPS) is 12.5. The average molecular weight is 420 g/mol. The van der Waals surface area contributed by atoms with Crippen LogP contribution in [0.4, 0.5) is 26.3 Å². The molecule has 0 unspecified atom stereocenters. The zero-order chi connectivity index (χ0) is 21.7. The molecule has 4 aromatic carbocycles. The predicted octanol–water partition coefficient (Wildman–Crippen LogP) is 7.71. The molecule has 0 heterocycles. The van der Waals surface area contributed by atoms with Crippen molar-refractivity contribution >= 4 is 21.5 Å². The van der Waals surface area contributed by atoms with Crippen LogP contribution in [-0.2, 0) is 12.4 Å². The Morgan fingerprint density at radius 2 is 1.03 bits per heavy atom. The van der Waals surface area contributed by atoms with E-state index in [0.717, 1.165) is 18.2 Å². The number of hydrogen-bond donors (Lipinski definition) is 0. The smallest absolute Gasteiger partial charge is 0.417 e. The first-order chi connectivity index (χ1) is 14.1. The molecule has 0 atom stereocenters. The third kappa shape index (κ3) is 3.34. The van der Waals surface area contributed by atoms with Gasteiger partial charge in [-0.15, -0.1) is 0 Å². The molecule has 0 saturated carbocycles. The van der Waals surface area contributed by atoms with Gasteiger partial charge in [0.25, 0.3) is 0 Å². The van der Waals surface area contributed by atoms with E-state index in [4.69, 9.17) is 4.74 Å². The van der Waals surface area contributed by atoms with Crippen LogP contribution in [0.15, 0.2) is 66.7 Å². The van der Waals surface area contributed by atoms with Crippen molar-refractivity contribution in [3.8, 4) is 16.9 Å². The van der Waals surface area contributed by atoms with Gasteiger partial charge in [-0.05, 0) is 50.9 Å². The number of fused-ring (bicyclic) bond motifs is 2. The first kappa shape index (κ1) is 20.1. The summed E-state index contributed by atoms with van der Waals surface area (Å²) in [7, 11) is 1.48. The van der Waals surface area contributed by atoms with Crippen molar-refractivity contribution in [3.05, 3.63) is 77.9 Å². The molecule has 0 spiro atoms. The minimum atomic E-state index is -4.83. The zero-order valence-corrected chi connectivity index (χ0v) is 15.5. The number of alkyl halides is 6. The molecule has 0 radical (unpaired) electrons. The van der Waals surface area contributed by atoms with Gasteiger partial charge >= 0.3 is 12.4 Å². The number of rotatable bonds is 2. The Morgan fingerprint density at radius 3 is 1.53 bits per heavy atom. The van der Waals surface area contributed by atoms with Crippen LogP contribution >= 0.6 is 0 Å². The molecule has 0 N–H and O–H groups in total. The summed E-state index contributed by atoms with van der Waals surface area (Å²) >= 11 is 0. The van der Waals surface area contributed by atoms with Gasteiger partial charge in [-0.2, -0.15) is 26.3 Å². The summed E-state index contributed by atoms with van der Waals surface area (Å²) in [5.41, 5.74) is -1.20. The highest BCUT2D eigenvalue weighted by atomic mass is 19.4. The van der Waals surface area contributed by atoms with Gasteiger partial charge in [-0.1, -0.05) is 48.5 Å². The molecule has 30 heavy (non-hydrogen) atoms. The minimum Gasteiger partial charge on any atom is -0.497 e. The molecule has 4 rings (SSSR count). The third-order valence-corrected chi connectivity index (χ3v) is 5.01. The molecule has 0 aliphatic rings. The SMILES string of the molecule is COc1ccc(-c2ccc3c(C(F)(F)F)c4ccccc4c(C(F)(F)F)c3c2)cc1. The van der Waals surface area contributed by atoms with Crippen LogP contribution in [0, 0.1) is 0 Å². The molecule has 0 aromatic heterocycles. The van der Waals surface area contributed by atoms with Crippen LogP contribution in [0.1, 0.15) is 11.1 Å². The van der Waals surface area contributed by atoms with E-state index in [-0.39, 0.29) is 0 Å². The molecule has 0 aliphatic carbocycles. The van der Waals surface area contributed by atoms with Gasteiger partial charge in [0.1, 0.15) is 5.75 Å².